The van der Waals surface area contributed by atoms with Crippen LogP contribution in [0.15, 0.2) is 45.5 Å². The van der Waals surface area contributed by atoms with Gasteiger partial charge in [0.15, 0.2) is 19.7 Å². The summed E-state index contributed by atoms with van der Waals surface area (Å²) in [5, 5.41) is 2.55. The molecule has 34 heavy (non-hydrogen) atoms. The SMILES string of the molecule is CCC(C=O)NS(=O)(=O)c1cccc(CS(=O)(=O)CCCNC(=O)c2ccc(S(C)(=O)=O)s2)c1. The normalized spacial score (nSPS) is 13.4. The molecule has 1 unspecified atom stereocenters. The molecule has 0 fully saturated rings. The second kappa shape index (κ2) is 11.5. The van der Waals surface area contributed by atoms with Gasteiger partial charge in [-0.15, -0.1) is 11.3 Å². The number of rotatable bonds is 13. The maximum absolute atomic E-state index is 12.5. The van der Waals surface area contributed by atoms with Gasteiger partial charge in [-0.1, -0.05) is 19.1 Å². The summed E-state index contributed by atoms with van der Waals surface area (Å²) < 4.78 is 75.1. The Balaban J connectivity index is 1.93. The number of sulfonamides is 1. The van der Waals surface area contributed by atoms with Crippen molar-refractivity contribution in [3.05, 3.63) is 46.8 Å². The molecule has 2 rings (SSSR count). The molecule has 2 aromatic rings. The average Bonchev–Trinajstić information content (AvgIpc) is 3.26. The van der Waals surface area contributed by atoms with Crippen molar-refractivity contribution in [3.8, 4) is 0 Å². The number of thiophene rings is 1. The van der Waals surface area contributed by atoms with Gasteiger partial charge < -0.3 is 10.1 Å². The molecule has 0 aliphatic rings. The van der Waals surface area contributed by atoms with E-state index in [-0.39, 0.29) is 44.7 Å². The number of nitrogens with one attached hydrogen (secondary N) is 2. The molecule has 0 saturated carbocycles. The highest BCUT2D eigenvalue weighted by Gasteiger charge is 2.20. The summed E-state index contributed by atoms with van der Waals surface area (Å²) in [6.45, 7) is 1.72. The van der Waals surface area contributed by atoms with Gasteiger partial charge >= 0.3 is 0 Å². The van der Waals surface area contributed by atoms with E-state index < -0.39 is 47.4 Å². The molecule has 1 heterocycles. The van der Waals surface area contributed by atoms with Crippen LogP contribution in [0.1, 0.15) is 35.0 Å². The number of benzene rings is 1. The topological polar surface area (TPSA) is 161 Å². The molecule has 1 aromatic carbocycles. The number of hydrogen-bond acceptors (Lipinski definition) is 9. The number of carbonyl (C=O) groups excluding carboxylic acids is 2. The fourth-order valence-electron chi connectivity index (χ4n) is 2.83. The highest BCUT2D eigenvalue weighted by molar-refractivity contribution is 7.92. The first-order valence-electron chi connectivity index (χ1n) is 10.1. The van der Waals surface area contributed by atoms with Gasteiger partial charge in [0, 0.05) is 12.8 Å². The summed E-state index contributed by atoms with van der Waals surface area (Å²) in [5.74, 6) is -1.13. The van der Waals surface area contributed by atoms with Crippen LogP contribution in [0.3, 0.4) is 0 Å². The number of aldehydes is 1. The first kappa shape index (κ1) is 28.1. The van der Waals surface area contributed by atoms with Gasteiger partial charge in [0.25, 0.3) is 5.91 Å². The summed E-state index contributed by atoms with van der Waals surface area (Å²) >= 11 is 0.831. The van der Waals surface area contributed by atoms with Gasteiger partial charge in [0.2, 0.25) is 10.0 Å². The second-order valence-electron chi connectivity index (χ2n) is 7.51. The highest BCUT2D eigenvalue weighted by Crippen LogP contribution is 2.21. The molecule has 0 bridgehead atoms. The fourth-order valence-corrected chi connectivity index (χ4v) is 7.41. The Hall–Kier alpha value is -2.13. The minimum absolute atomic E-state index is 0.0621. The van der Waals surface area contributed by atoms with E-state index in [4.69, 9.17) is 0 Å². The summed E-state index contributed by atoms with van der Waals surface area (Å²) in [7, 11) is -11.0. The zero-order valence-corrected chi connectivity index (χ0v) is 21.8. The van der Waals surface area contributed by atoms with Crippen LogP contribution in [0.2, 0.25) is 0 Å². The maximum atomic E-state index is 12.5. The first-order chi connectivity index (χ1) is 15.8. The fraction of sp³-hybridized carbons (Fsp3) is 0.400. The highest BCUT2D eigenvalue weighted by atomic mass is 32.2. The minimum atomic E-state index is -3.99. The van der Waals surface area contributed by atoms with E-state index in [1.165, 1.54) is 36.4 Å². The van der Waals surface area contributed by atoms with E-state index in [2.05, 4.69) is 10.0 Å². The smallest absolute Gasteiger partial charge is 0.261 e. The lowest BCUT2D eigenvalue weighted by Crippen LogP contribution is -2.35. The lowest BCUT2D eigenvalue weighted by Gasteiger charge is -2.12. The predicted molar refractivity (Wildman–Crippen MR) is 129 cm³/mol. The van der Waals surface area contributed by atoms with Crippen molar-refractivity contribution >= 4 is 53.2 Å². The van der Waals surface area contributed by atoms with E-state index in [9.17, 15) is 34.8 Å². The van der Waals surface area contributed by atoms with E-state index in [1.807, 2.05) is 0 Å². The van der Waals surface area contributed by atoms with Crippen LogP contribution < -0.4 is 10.0 Å². The van der Waals surface area contributed by atoms with Crippen molar-refractivity contribution in [1.29, 1.82) is 0 Å². The molecular weight excluding hydrogens is 524 g/mol. The first-order valence-corrected chi connectivity index (χ1v) is 16.1. The molecule has 0 saturated heterocycles. The summed E-state index contributed by atoms with van der Waals surface area (Å²) in [6.07, 6.45) is 1.93. The summed E-state index contributed by atoms with van der Waals surface area (Å²) in [5.41, 5.74) is 0.276. The van der Waals surface area contributed by atoms with Crippen molar-refractivity contribution in [3.63, 3.8) is 0 Å². The zero-order chi connectivity index (χ0) is 25.6. The molecular formula is C20H26N2O8S4. The van der Waals surface area contributed by atoms with Crippen LogP contribution in [0.4, 0.5) is 0 Å². The summed E-state index contributed by atoms with van der Waals surface area (Å²) in [4.78, 5) is 23.1. The molecule has 10 nitrogen and oxygen atoms in total. The van der Waals surface area contributed by atoms with Gasteiger partial charge in [0.05, 0.1) is 27.3 Å². The number of hydrogen-bond donors (Lipinski definition) is 2. The second-order valence-corrected chi connectivity index (χ2v) is 14.7. The number of amides is 1. The lowest BCUT2D eigenvalue weighted by atomic mass is 10.2. The van der Waals surface area contributed by atoms with Crippen LogP contribution in [-0.2, 0) is 40.2 Å². The third kappa shape index (κ3) is 8.27. The van der Waals surface area contributed by atoms with Crippen LogP contribution in [0.25, 0.3) is 0 Å². The largest absolute Gasteiger partial charge is 0.351 e. The molecule has 0 radical (unpaired) electrons. The van der Waals surface area contributed by atoms with Crippen LogP contribution >= 0.6 is 11.3 Å². The molecule has 1 atom stereocenters. The van der Waals surface area contributed by atoms with Crippen LogP contribution in [0, 0.1) is 0 Å². The molecule has 2 N–H and O–H groups in total. The van der Waals surface area contributed by atoms with Crippen molar-refractivity contribution in [2.45, 2.75) is 40.7 Å². The summed E-state index contributed by atoms with van der Waals surface area (Å²) in [6, 6.07) is 7.32. The Labute approximate surface area is 203 Å². The molecule has 188 valence electrons. The molecule has 0 spiro atoms. The number of carbonyl (C=O) groups is 2. The maximum Gasteiger partial charge on any atom is 0.261 e. The number of sulfone groups is 2. The third-order valence-corrected chi connectivity index (χ3v) is 10.7. The van der Waals surface area contributed by atoms with Crippen molar-refractivity contribution in [2.75, 3.05) is 18.6 Å². The van der Waals surface area contributed by atoms with Gasteiger partial charge in [0.1, 0.15) is 10.5 Å². The lowest BCUT2D eigenvalue weighted by molar-refractivity contribution is -0.109. The van der Waals surface area contributed by atoms with Gasteiger partial charge in [-0.3, -0.25) is 4.79 Å². The Morgan fingerprint density at radius 1 is 1.09 bits per heavy atom. The Kier molecular flexibility index (Phi) is 9.53. The quantitative estimate of drug-likeness (QED) is 0.277. The van der Waals surface area contributed by atoms with Crippen molar-refractivity contribution in [2.24, 2.45) is 0 Å². The third-order valence-electron chi connectivity index (χ3n) is 4.59. The van der Waals surface area contributed by atoms with Crippen LogP contribution in [-0.4, -0.2) is 62.0 Å². The Morgan fingerprint density at radius 3 is 2.38 bits per heavy atom. The van der Waals surface area contributed by atoms with E-state index in [1.54, 1.807) is 6.92 Å². The van der Waals surface area contributed by atoms with Gasteiger partial charge in [-0.05, 0) is 42.7 Å². The van der Waals surface area contributed by atoms with Gasteiger partial charge in [-0.2, -0.15) is 0 Å². The molecule has 0 aliphatic carbocycles. The minimum Gasteiger partial charge on any atom is -0.351 e. The molecule has 14 heteroatoms. The van der Waals surface area contributed by atoms with Crippen molar-refractivity contribution < 1.29 is 34.8 Å². The monoisotopic (exact) mass is 550 g/mol. The molecule has 1 amide bonds. The van der Waals surface area contributed by atoms with Crippen LogP contribution in [0.5, 0.6) is 0 Å². The zero-order valence-electron chi connectivity index (χ0n) is 18.6. The van der Waals surface area contributed by atoms with E-state index >= 15 is 0 Å². The van der Waals surface area contributed by atoms with Crippen molar-refractivity contribution in [1.82, 2.24) is 10.0 Å². The predicted octanol–water partition coefficient (Wildman–Crippen LogP) is 1.14. The Morgan fingerprint density at radius 2 is 1.79 bits per heavy atom. The molecule has 1 aromatic heterocycles. The van der Waals surface area contributed by atoms with Gasteiger partial charge in [-0.25, -0.2) is 30.0 Å². The van der Waals surface area contributed by atoms with E-state index in [0.717, 1.165) is 17.6 Å². The molecule has 0 aliphatic heterocycles. The average molecular weight is 551 g/mol. The Bertz CT molecular complexity index is 1350. The standard InChI is InChI=1S/C20H26N2O8S4/c1-3-16(13-23)22-34(29,30)17-7-4-6-15(12-17)14-33(27,28)11-5-10-21-20(24)18-8-9-19(31-18)32(2,25)26/h4,6-9,12-13,16,22H,3,5,10-11,14H2,1-2H3,(H,21,24). The van der Waals surface area contributed by atoms with E-state index in [0.29, 0.717) is 6.29 Å².